The number of hydrogen-bond acceptors (Lipinski definition) is 3. The number of para-hydroxylation sites is 3. The van der Waals surface area contributed by atoms with E-state index in [1.807, 2.05) is 91.2 Å². The Hall–Kier alpha value is -3.60. The fourth-order valence-electron chi connectivity index (χ4n) is 3.34. The molecule has 0 unspecified atom stereocenters. The first-order chi connectivity index (χ1) is 14.1. The number of carbonyl (C=O) groups is 1. The second kappa shape index (κ2) is 8.19. The van der Waals surface area contributed by atoms with Gasteiger partial charge in [-0.15, -0.1) is 0 Å². The van der Waals surface area contributed by atoms with E-state index in [9.17, 15) is 4.79 Å². The molecule has 5 heteroatoms. The van der Waals surface area contributed by atoms with Gasteiger partial charge in [0.05, 0.1) is 11.0 Å². The zero-order valence-electron chi connectivity index (χ0n) is 16.6. The maximum atomic E-state index is 12.7. The van der Waals surface area contributed by atoms with E-state index in [1.54, 1.807) is 0 Å². The number of nitrogens with zero attached hydrogens (tertiary/aromatic N) is 2. The molecular formula is C24H23N3O2. The molecule has 4 aromatic rings. The predicted molar refractivity (Wildman–Crippen MR) is 115 cm³/mol. The van der Waals surface area contributed by atoms with Gasteiger partial charge in [-0.1, -0.05) is 42.5 Å². The molecule has 1 amide bonds. The predicted octanol–water partition coefficient (Wildman–Crippen LogP) is 4.87. The highest BCUT2D eigenvalue weighted by atomic mass is 16.5. The SMILES string of the molecule is Cc1cccc(NC(=O)Cn2c(COc3ccccc3C)nc3ccccc32)c1. The van der Waals surface area contributed by atoms with Crippen LogP contribution in [0.25, 0.3) is 11.0 Å². The summed E-state index contributed by atoms with van der Waals surface area (Å²) < 4.78 is 7.91. The van der Waals surface area contributed by atoms with Crippen LogP contribution in [0, 0.1) is 13.8 Å². The van der Waals surface area contributed by atoms with E-state index < -0.39 is 0 Å². The van der Waals surface area contributed by atoms with Crippen LogP contribution in [-0.4, -0.2) is 15.5 Å². The first-order valence-electron chi connectivity index (χ1n) is 9.59. The van der Waals surface area contributed by atoms with Gasteiger partial charge in [0.1, 0.15) is 24.7 Å². The second-order valence-electron chi connectivity index (χ2n) is 7.07. The number of benzene rings is 3. The van der Waals surface area contributed by atoms with Gasteiger partial charge in [0.2, 0.25) is 5.91 Å². The zero-order chi connectivity index (χ0) is 20.2. The van der Waals surface area contributed by atoms with Gasteiger partial charge in [0.25, 0.3) is 0 Å². The molecule has 146 valence electrons. The molecular weight excluding hydrogens is 362 g/mol. The first kappa shape index (κ1) is 18.7. The minimum Gasteiger partial charge on any atom is -0.485 e. The smallest absolute Gasteiger partial charge is 0.244 e. The number of aryl methyl sites for hydroxylation is 2. The van der Waals surface area contributed by atoms with Crippen LogP contribution in [0.4, 0.5) is 5.69 Å². The molecule has 0 aliphatic rings. The molecule has 0 saturated carbocycles. The molecule has 0 radical (unpaired) electrons. The lowest BCUT2D eigenvalue weighted by Gasteiger charge is -2.12. The number of fused-ring (bicyclic) bond motifs is 1. The Morgan fingerprint density at radius 2 is 1.79 bits per heavy atom. The van der Waals surface area contributed by atoms with Gasteiger partial charge in [-0.2, -0.15) is 0 Å². The lowest BCUT2D eigenvalue weighted by atomic mass is 10.2. The lowest BCUT2D eigenvalue weighted by molar-refractivity contribution is -0.116. The normalized spacial score (nSPS) is 10.8. The molecule has 0 atom stereocenters. The van der Waals surface area contributed by atoms with Crippen LogP contribution < -0.4 is 10.1 Å². The molecule has 0 aliphatic carbocycles. The van der Waals surface area contributed by atoms with E-state index in [4.69, 9.17) is 4.74 Å². The second-order valence-corrected chi connectivity index (χ2v) is 7.07. The van der Waals surface area contributed by atoms with Crippen LogP contribution in [0.15, 0.2) is 72.8 Å². The molecule has 0 aliphatic heterocycles. The molecule has 1 heterocycles. The van der Waals surface area contributed by atoms with E-state index in [0.717, 1.165) is 33.6 Å². The number of aromatic nitrogens is 2. The maximum absolute atomic E-state index is 12.7. The Morgan fingerprint density at radius 3 is 2.62 bits per heavy atom. The minimum atomic E-state index is -0.101. The van der Waals surface area contributed by atoms with E-state index in [-0.39, 0.29) is 19.1 Å². The van der Waals surface area contributed by atoms with Gasteiger partial charge in [-0.05, 0) is 55.3 Å². The number of carbonyl (C=O) groups excluding carboxylic acids is 1. The van der Waals surface area contributed by atoms with Crippen molar-refractivity contribution in [3.05, 3.63) is 89.7 Å². The summed E-state index contributed by atoms with van der Waals surface area (Å²) in [6.07, 6.45) is 0. The Kier molecular flexibility index (Phi) is 5.29. The summed E-state index contributed by atoms with van der Waals surface area (Å²) in [7, 11) is 0. The fourth-order valence-corrected chi connectivity index (χ4v) is 3.34. The van der Waals surface area contributed by atoms with Crippen molar-refractivity contribution in [3.8, 4) is 5.75 Å². The van der Waals surface area contributed by atoms with Gasteiger partial charge in [0, 0.05) is 5.69 Å². The summed E-state index contributed by atoms with van der Waals surface area (Å²) in [5, 5.41) is 2.97. The highest BCUT2D eigenvalue weighted by Crippen LogP contribution is 2.21. The first-order valence-corrected chi connectivity index (χ1v) is 9.59. The van der Waals surface area contributed by atoms with Crippen LogP contribution in [0.3, 0.4) is 0 Å². The van der Waals surface area contributed by atoms with Gasteiger partial charge in [-0.3, -0.25) is 4.79 Å². The lowest BCUT2D eigenvalue weighted by Crippen LogP contribution is -2.20. The summed E-state index contributed by atoms with van der Waals surface area (Å²) >= 11 is 0. The third-order valence-electron chi connectivity index (χ3n) is 4.79. The quantitative estimate of drug-likeness (QED) is 0.515. The molecule has 5 nitrogen and oxygen atoms in total. The van der Waals surface area contributed by atoms with Crippen molar-refractivity contribution in [2.75, 3.05) is 5.32 Å². The van der Waals surface area contributed by atoms with E-state index in [2.05, 4.69) is 10.3 Å². The van der Waals surface area contributed by atoms with Crippen molar-refractivity contribution in [3.63, 3.8) is 0 Å². The summed E-state index contributed by atoms with van der Waals surface area (Å²) in [5.74, 6) is 1.43. The zero-order valence-corrected chi connectivity index (χ0v) is 16.6. The molecule has 0 saturated heterocycles. The molecule has 3 aromatic carbocycles. The summed E-state index contributed by atoms with van der Waals surface area (Å²) in [6.45, 7) is 4.46. The average molecular weight is 385 g/mol. The average Bonchev–Trinajstić information content (AvgIpc) is 3.05. The largest absolute Gasteiger partial charge is 0.485 e. The standard InChI is InChI=1S/C24H23N3O2/c1-17-8-7-10-19(14-17)25-24(28)15-27-21-12-5-4-11-20(21)26-23(27)16-29-22-13-6-3-9-18(22)2/h3-14H,15-16H2,1-2H3,(H,25,28). The maximum Gasteiger partial charge on any atom is 0.244 e. The Morgan fingerprint density at radius 1 is 1.00 bits per heavy atom. The molecule has 0 bridgehead atoms. The molecule has 29 heavy (non-hydrogen) atoms. The monoisotopic (exact) mass is 385 g/mol. The van der Waals surface area contributed by atoms with Crippen molar-refractivity contribution < 1.29 is 9.53 Å². The molecule has 1 aromatic heterocycles. The Balaban J connectivity index is 1.58. The highest BCUT2D eigenvalue weighted by molar-refractivity contribution is 5.91. The number of amides is 1. The van der Waals surface area contributed by atoms with Crippen molar-refractivity contribution >= 4 is 22.6 Å². The third kappa shape index (κ3) is 4.29. The van der Waals surface area contributed by atoms with E-state index >= 15 is 0 Å². The van der Waals surface area contributed by atoms with Crippen LogP contribution in [-0.2, 0) is 17.9 Å². The summed E-state index contributed by atoms with van der Waals surface area (Å²) in [5.41, 5.74) is 4.71. The summed E-state index contributed by atoms with van der Waals surface area (Å²) in [4.78, 5) is 17.4. The number of hydrogen-bond donors (Lipinski definition) is 1. The van der Waals surface area contributed by atoms with E-state index in [0.29, 0.717) is 5.82 Å². The molecule has 0 fully saturated rings. The van der Waals surface area contributed by atoms with Crippen LogP contribution in [0.2, 0.25) is 0 Å². The van der Waals surface area contributed by atoms with Crippen molar-refractivity contribution in [2.45, 2.75) is 27.0 Å². The van der Waals surface area contributed by atoms with Gasteiger partial charge in [-0.25, -0.2) is 4.98 Å². The molecule has 0 spiro atoms. The number of imidazole rings is 1. The molecule has 4 rings (SSSR count). The van der Waals surface area contributed by atoms with Crippen molar-refractivity contribution in [1.29, 1.82) is 0 Å². The Labute approximate surface area is 170 Å². The minimum absolute atomic E-state index is 0.101. The van der Waals surface area contributed by atoms with Crippen LogP contribution in [0.5, 0.6) is 5.75 Å². The van der Waals surface area contributed by atoms with Gasteiger partial charge >= 0.3 is 0 Å². The van der Waals surface area contributed by atoms with Crippen LogP contribution >= 0.6 is 0 Å². The number of anilines is 1. The Bertz CT molecular complexity index is 1160. The fraction of sp³-hybridized carbons (Fsp3) is 0.167. The number of ether oxygens (including phenoxy) is 1. The van der Waals surface area contributed by atoms with Crippen molar-refractivity contribution in [2.24, 2.45) is 0 Å². The topological polar surface area (TPSA) is 56.2 Å². The number of rotatable bonds is 6. The van der Waals surface area contributed by atoms with Crippen molar-refractivity contribution in [1.82, 2.24) is 9.55 Å². The number of nitrogens with one attached hydrogen (secondary N) is 1. The highest BCUT2D eigenvalue weighted by Gasteiger charge is 2.15. The van der Waals surface area contributed by atoms with Gasteiger partial charge in [0.15, 0.2) is 0 Å². The third-order valence-corrected chi connectivity index (χ3v) is 4.79. The van der Waals surface area contributed by atoms with E-state index in [1.165, 1.54) is 0 Å². The van der Waals surface area contributed by atoms with Crippen LogP contribution in [0.1, 0.15) is 17.0 Å². The summed E-state index contributed by atoms with van der Waals surface area (Å²) in [6, 6.07) is 23.4. The van der Waals surface area contributed by atoms with Gasteiger partial charge < -0.3 is 14.6 Å². The molecule has 1 N–H and O–H groups in total.